The Kier molecular flexibility index (Phi) is 2.47. The molecule has 1 rings (SSSR count). The van der Waals surface area contributed by atoms with Gasteiger partial charge in [0.2, 0.25) is 5.95 Å². The molecule has 0 aromatic carbocycles. The molecule has 0 aliphatic rings. The van der Waals surface area contributed by atoms with Gasteiger partial charge in [-0.3, -0.25) is 0 Å². The third kappa shape index (κ3) is 1.84. The van der Waals surface area contributed by atoms with E-state index in [0.717, 1.165) is 5.82 Å². The highest BCUT2D eigenvalue weighted by Gasteiger charge is 2.05. The standard InChI is InChI=1S/C8H14N4/c1-6(2)12(3)7-4-5-10-8(9)11-7/h4-6H,1-3H3,(H2,9,10,11). The SMILES string of the molecule is CC(C)N(C)c1ccnc(N)n1. The fraction of sp³-hybridized carbons (Fsp3) is 0.500. The maximum atomic E-state index is 5.45. The number of rotatable bonds is 2. The monoisotopic (exact) mass is 166 g/mol. The average molecular weight is 166 g/mol. The molecular weight excluding hydrogens is 152 g/mol. The Balaban J connectivity index is 2.88. The third-order valence-corrected chi connectivity index (χ3v) is 1.80. The van der Waals surface area contributed by atoms with Crippen LogP contribution in [0.15, 0.2) is 12.3 Å². The van der Waals surface area contributed by atoms with Gasteiger partial charge in [0, 0.05) is 19.3 Å². The Labute approximate surface area is 72.4 Å². The summed E-state index contributed by atoms with van der Waals surface area (Å²) in [4.78, 5) is 9.95. The molecule has 0 spiro atoms. The molecule has 1 heterocycles. The first-order valence-electron chi connectivity index (χ1n) is 3.92. The van der Waals surface area contributed by atoms with Gasteiger partial charge in [-0.15, -0.1) is 0 Å². The molecule has 66 valence electrons. The minimum atomic E-state index is 0.319. The summed E-state index contributed by atoms with van der Waals surface area (Å²) in [5.74, 6) is 1.18. The van der Waals surface area contributed by atoms with E-state index in [1.54, 1.807) is 6.20 Å². The largest absolute Gasteiger partial charge is 0.368 e. The summed E-state index contributed by atoms with van der Waals surface area (Å²) < 4.78 is 0. The Morgan fingerprint density at radius 2 is 2.17 bits per heavy atom. The second-order valence-corrected chi connectivity index (χ2v) is 2.98. The highest BCUT2D eigenvalue weighted by molar-refractivity contribution is 5.40. The van der Waals surface area contributed by atoms with Crippen LogP contribution in [0.3, 0.4) is 0 Å². The van der Waals surface area contributed by atoms with Crippen LogP contribution in [-0.4, -0.2) is 23.1 Å². The van der Waals surface area contributed by atoms with Gasteiger partial charge in [-0.1, -0.05) is 0 Å². The smallest absolute Gasteiger partial charge is 0.221 e. The van der Waals surface area contributed by atoms with E-state index in [9.17, 15) is 0 Å². The first-order valence-corrected chi connectivity index (χ1v) is 3.92. The minimum Gasteiger partial charge on any atom is -0.368 e. The topological polar surface area (TPSA) is 55.0 Å². The summed E-state index contributed by atoms with van der Waals surface area (Å²) in [6, 6.07) is 2.26. The zero-order valence-corrected chi connectivity index (χ0v) is 7.65. The van der Waals surface area contributed by atoms with E-state index in [2.05, 4.69) is 23.8 Å². The van der Waals surface area contributed by atoms with Crippen molar-refractivity contribution in [2.75, 3.05) is 17.7 Å². The second-order valence-electron chi connectivity index (χ2n) is 2.98. The van der Waals surface area contributed by atoms with E-state index in [1.165, 1.54) is 0 Å². The lowest BCUT2D eigenvalue weighted by Gasteiger charge is -2.22. The first-order chi connectivity index (χ1) is 5.61. The van der Waals surface area contributed by atoms with Crippen molar-refractivity contribution >= 4 is 11.8 Å². The van der Waals surface area contributed by atoms with Crippen LogP contribution in [0.4, 0.5) is 11.8 Å². The molecule has 0 amide bonds. The predicted molar refractivity (Wildman–Crippen MR) is 50.0 cm³/mol. The van der Waals surface area contributed by atoms with Crippen LogP contribution in [0.5, 0.6) is 0 Å². The van der Waals surface area contributed by atoms with Crippen LogP contribution in [-0.2, 0) is 0 Å². The van der Waals surface area contributed by atoms with Gasteiger partial charge in [-0.25, -0.2) is 4.98 Å². The van der Waals surface area contributed by atoms with E-state index in [4.69, 9.17) is 5.73 Å². The Bertz CT molecular complexity index is 259. The molecule has 0 atom stereocenters. The molecule has 0 saturated carbocycles. The molecule has 4 heteroatoms. The van der Waals surface area contributed by atoms with Gasteiger partial charge in [0.25, 0.3) is 0 Å². The van der Waals surface area contributed by atoms with Crippen LogP contribution >= 0.6 is 0 Å². The van der Waals surface area contributed by atoms with Crippen molar-refractivity contribution in [1.29, 1.82) is 0 Å². The molecular formula is C8H14N4. The zero-order chi connectivity index (χ0) is 9.14. The van der Waals surface area contributed by atoms with Crippen molar-refractivity contribution in [2.24, 2.45) is 0 Å². The number of nitrogens with zero attached hydrogens (tertiary/aromatic N) is 3. The lowest BCUT2D eigenvalue weighted by atomic mass is 10.3. The van der Waals surface area contributed by atoms with Gasteiger partial charge < -0.3 is 10.6 Å². The maximum absolute atomic E-state index is 5.45. The van der Waals surface area contributed by atoms with E-state index in [1.807, 2.05) is 18.0 Å². The molecule has 0 bridgehead atoms. The first kappa shape index (κ1) is 8.77. The van der Waals surface area contributed by atoms with E-state index in [-0.39, 0.29) is 0 Å². The van der Waals surface area contributed by atoms with Gasteiger partial charge in [0.05, 0.1) is 0 Å². The summed E-state index contributed by atoms with van der Waals surface area (Å²) in [6.07, 6.45) is 1.66. The predicted octanol–water partition coefficient (Wildman–Crippen LogP) is 0.903. The number of nitrogens with two attached hydrogens (primary N) is 1. The van der Waals surface area contributed by atoms with Crippen molar-refractivity contribution in [3.8, 4) is 0 Å². The number of anilines is 2. The van der Waals surface area contributed by atoms with Gasteiger partial charge >= 0.3 is 0 Å². The Morgan fingerprint density at radius 1 is 1.50 bits per heavy atom. The van der Waals surface area contributed by atoms with E-state index in [0.29, 0.717) is 12.0 Å². The van der Waals surface area contributed by atoms with Crippen LogP contribution in [0.2, 0.25) is 0 Å². The van der Waals surface area contributed by atoms with Crippen LogP contribution < -0.4 is 10.6 Å². The maximum Gasteiger partial charge on any atom is 0.221 e. The zero-order valence-electron chi connectivity index (χ0n) is 7.65. The lowest BCUT2D eigenvalue weighted by Crippen LogP contribution is -2.26. The number of aromatic nitrogens is 2. The Morgan fingerprint density at radius 3 is 2.67 bits per heavy atom. The molecule has 1 aromatic heterocycles. The fourth-order valence-electron chi connectivity index (χ4n) is 0.825. The molecule has 2 N–H and O–H groups in total. The number of hydrogen-bond acceptors (Lipinski definition) is 4. The second kappa shape index (κ2) is 3.38. The van der Waals surface area contributed by atoms with Gasteiger partial charge in [0.1, 0.15) is 5.82 Å². The lowest BCUT2D eigenvalue weighted by molar-refractivity contribution is 0.742. The minimum absolute atomic E-state index is 0.319. The summed E-state index contributed by atoms with van der Waals surface area (Å²) >= 11 is 0. The van der Waals surface area contributed by atoms with Gasteiger partial charge in [-0.05, 0) is 19.9 Å². The normalized spacial score (nSPS) is 10.3. The molecule has 0 saturated heterocycles. The molecule has 4 nitrogen and oxygen atoms in total. The van der Waals surface area contributed by atoms with Crippen molar-refractivity contribution in [1.82, 2.24) is 9.97 Å². The average Bonchev–Trinajstić information content (AvgIpc) is 2.03. The van der Waals surface area contributed by atoms with Crippen LogP contribution in [0.25, 0.3) is 0 Å². The van der Waals surface area contributed by atoms with Gasteiger partial charge in [0.15, 0.2) is 0 Å². The van der Waals surface area contributed by atoms with Crippen molar-refractivity contribution in [3.05, 3.63) is 12.3 Å². The highest BCUT2D eigenvalue weighted by atomic mass is 15.2. The van der Waals surface area contributed by atoms with Crippen molar-refractivity contribution in [2.45, 2.75) is 19.9 Å². The molecule has 0 unspecified atom stereocenters. The summed E-state index contributed by atoms with van der Waals surface area (Å²) in [5.41, 5.74) is 5.45. The van der Waals surface area contributed by atoms with Crippen molar-refractivity contribution < 1.29 is 0 Å². The Hall–Kier alpha value is -1.32. The summed E-state index contributed by atoms with van der Waals surface area (Å²) in [6.45, 7) is 4.19. The van der Waals surface area contributed by atoms with Crippen LogP contribution in [0, 0.1) is 0 Å². The molecule has 1 aromatic rings. The summed E-state index contributed by atoms with van der Waals surface area (Å²) in [7, 11) is 1.98. The molecule has 0 aliphatic carbocycles. The molecule has 0 radical (unpaired) electrons. The fourth-order valence-corrected chi connectivity index (χ4v) is 0.825. The number of hydrogen-bond donors (Lipinski definition) is 1. The molecule has 0 aliphatic heterocycles. The van der Waals surface area contributed by atoms with Crippen molar-refractivity contribution in [3.63, 3.8) is 0 Å². The van der Waals surface area contributed by atoms with Crippen LogP contribution in [0.1, 0.15) is 13.8 Å². The highest BCUT2D eigenvalue weighted by Crippen LogP contribution is 2.10. The molecule has 0 fully saturated rings. The third-order valence-electron chi connectivity index (χ3n) is 1.80. The number of nitrogen functional groups attached to an aromatic ring is 1. The van der Waals surface area contributed by atoms with E-state index < -0.39 is 0 Å². The molecule has 12 heavy (non-hydrogen) atoms. The summed E-state index contributed by atoms with van der Waals surface area (Å²) in [5, 5.41) is 0. The van der Waals surface area contributed by atoms with E-state index >= 15 is 0 Å². The van der Waals surface area contributed by atoms with Gasteiger partial charge in [-0.2, -0.15) is 4.98 Å². The quantitative estimate of drug-likeness (QED) is 0.709.